The molecule has 0 spiro atoms. The van der Waals surface area contributed by atoms with Crippen molar-refractivity contribution < 1.29 is 17.3 Å². The van der Waals surface area contributed by atoms with E-state index in [-0.39, 0.29) is 5.56 Å². The SMILES string of the molecule is Cc1noc(C)c1-c1cnc2c(C#CF)cn(S(=O)(=O)C3CCCC3)c2c1. The molecule has 0 bridgehead atoms. The van der Waals surface area contributed by atoms with Gasteiger partial charge in [-0.3, -0.25) is 4.98 Å². The normalized spacial score (nSPS) is 15.2. The first-order valence-corrected chi connectivity index (χ1v) is 10.2. The van der Waals surface area contributed by atoms with Gasteiger partial charge in [-0.15, -0.1) is 4.39 Å². The van der Waals surface area contributed by atoms with Crippen molar-refractivity contribution in [3.8, 4) is 23.2 Å². The number of hydrogen-bond acceptors (Lipinski definition) is 5. The van der Waals surface area contributed by atoms with Crippen LogP contribution in [0.25, 0.3) is 22.2 Å². The van der Waals surface area contributed by atoms with E-state index in [1.165, 1.54) is 16.3 Å². The minimum atomic E-state index is -3.62. The lowest BCUT2D eigenvalue weighted by Crippen LogP contribution is -2.24. The number of fused-ring (bicyclic) bond motifs is 1. The van der Waals surface area contributed by atoms with Gasteiger partial charge >= 0.3 is 0 Å². The van der Waals surface area contributed by atoms with Gasteiger partial charge in [-0.2, -0.15) is 0 Å². The van der Waals surface area contributed by atoms with Gasteiger partial charge in [-0.05, 0) is 38.7 Å². The van der Waals surface area contributed by atoms with Gasteiger partial charge in [0.1, 0.15) is 17.5 Å². The van der Waals surface area contributed by atoms with E-state index in [0.29, 0.717) is 40.9 Å². The molecule has 27 heavy (non-hydrogen) atoms. The summed E-state index contributed by atoms with van der Waals surface area (Å²) < 4.78 is 45.4. The Morgan fingerprint density at radius 2 is 2.04 bits per heavy atom. The zero-order chi connectivity index (χ0) is 19.2. The molecule has 1 fully saturated rings. The molecule has 0 aliphatic heterocycles. The highest BCUT2D eigenvalue weighted by Crippen LogP contribution is 2.33. The van der Waals surface area contributed by atoms with Crippen molar-refractivity contribution in [2.45, 2.75) is 44.8 Å². The minimum absolute atomic E-state index is 0.249. The van der Waals surface area contributed by atoms with E-state index in [2.05, 4.69) is 16.1 Å². The summed E-state index contributed by atoms with van der Waals surface area (Å²) in [6.45, 7) is 3.60. The first-order valence-electron chi connectivity index (χ1n) is 8.74. The Kier molecular flexibility index (Phi) is 4.27. The Hall–Kier alpha value is -2.66. The van der Waals surface area contributed by atoms with E-state index in [1.807, 2.05) is 6.92 Å². The molecule has 1 aliphatic carbocycles. The summed E-state index contributed by atoms with van der Waals surface area (Å²) in [4.78, 5) is 4.37. The molecular weight excluding hydrogens is 369 g/mol. The molecule has 0 atom stereocenters. The summed E-state index contributed by atoms with van der Waals surface area (Å²) in [7, 11) is -3.62. The number of rotatable bonds is 3. The van der Waals surface area contributed by atoms with E-state index in [4.69, 9.17) is 4.52 Å². The maximum absolute atomic E-state index is 13.2. The van der Waals surface area contributed by atoms with Gasteiger partial charge in [-0.1, -0.05) is 18.0 Å². The molecule has 0 amide bonds. The first-order chi connectivity index (χ1) is 12.9. The average Bonchev–Trinajstić information content (AvgIpc) is 3.35. The highest BCUT2D eigenvalue weighted by molar-refractivity contribution is 7.90. The lowest BCUT2D eigenvalue weighted by atomic mass is 10.1. The van der Waals surface area contributed by atoms with Crippen LogP contribution in [-0.2, 0) is 10.0 Å². The van der Waals surface area contributed by atoms with E-state index >= 15 is 0 Å². The molecule has 4 rings (SSSR count). The molecule has 3 aromatic heterocycles. The van der Waals surface area contributed by atoms with Gasteiger partial charge < -0.3 is 4.52 Å². The summed E-state index contributed by atoms with van der Waals surface area (Å²) in [5.41, 5.74) is 3.15. The second kappa shape index (κ2) is 6.50. The zero-order valence-electron chi connectivity index (χ0n) is 15.0. The number of nitrogens with zero attached hydrogens (tertiary/aromatic N) is 3. The van der Waals surface area contributed by atoms with Crippen molar-refractivity contribution in [3.05, 3.63) is 35.5 Å². The first kappa shape index (κ1) is 17.7. The van der Waals surface area contributed by atoms with E-state index in [0.717, 1.165) is 18.4 Å². The molecule has 6 nitrogen and oxygen atoms in total. The Morgan fingerprint density at radius 3 is 2.67 bits per heavy atom. The van der Waals surface area contributed by atoms with Crippen molar-refractivity contribution in [1.29, 1.82) is 0 Å². The maximum Gasteiger partial charge on any atom is 0.241 e. The van der Waals surface area contributed by atoms with Gasteiger partial charge in [0.15, 0.2) is 0 Å². The molecule has 0 radical (unpaired) electrons. The molecular formula is C19H18FN3O3S. The van der Waals surface area contributed by atoms with Crippen molar-refractivity contribution in [1.82, 2.24) is 14.1 Å². The second-order valence-electron chi connectivity index (χ2n) is 6.80. The molecule has 0 N–H and O–H groups in total. The van der Waals surface area contributed by atoms with Crippen LogP contribution < -0.4 is 0 Å². The van der Waals surface area contributed by atoms with Crippen LogP contribution in [0.1, 0.15) is 42.7 Å². The van der Waals surface area contributed by atoms with Crippen LogP contribution in [0.2, 0.25) is 0 Å². The van der Waals surface area contributed by atoms with Crippen LogP contribution in [-0.4, -0.2) is 27.8 Å². The summed E-state index contributed by atoms with van der Waals surface area (Å²) in [5, 5.41) is 3.50. The Morgan fingerprint density at radius 1 is 1.30 bits per heavy atom. The van der Waals surface area contributed by atoms with Gasteiger partial charge in [0.25, 0.3) is 0 Å². The summed E-state index contributed by atoms with van der Waals surface area (Å²) in [6.07, 6.45) is 7.36. The van der Waals surface area contributed by atoms with Crippen molar-refractivity contribution in [2.24, 2.45) is 0 Å². The monoisotopic (exact) mass is 387 g/mol. The molecule has 140 valence electrons. The predicted molar refractivity (Wildman–Crippen MR) is 99.3 cm³/mol. The minimum Gasteiger partial charge on any atom is -0.361 e. The molecule has 3 heterocycles. The molecule has 3 aromatic rings. The van der Waals surface area contributed by atoms with E-state index in [9.17, 15) is 12.8 Å². The number of halogens is 1. The van der Waals surface area contributed by atoms with Crippen LogP contribution in [0, 0.1) is 25.9 Å². The van der Waals surface area contributed by atoms with Gasteiger partial charge in [0, 0.05) is 23.5 Å². The average molecular weight is 387 g/mol. The molecule has 1 saturated carbocycles. The maximum atomic E-state index is 13.2. The summed E-state index contributed by atoms with van der Waals surface area (Å²) in [6, 6.07) is 1.73. The molecule has 0 unspecified atom stereocenters. The zero-order valence-corrected chi connectivity index (χ0v) is 15.8. The highest BCUT2D eigenvalue weighted by Gasteiger charge is 2.32. The predicted octanol–water partition coefficient (Wildman–Crippen LogP) is 3.71. The Labute approximate surface area is 156 Å². The number of hydrogen-bond donors (Lipinski definition) is 0. The van der Waals surface area contributed by atoms with Gasteiger partial charge in [0.05, 0.1) is 22.0 Å². The van der Waals surface area contributed by atoms with E-state index in [1.54, 1.807) is 19.2 Å². The van der Waals surface area contributed by atoms with Crippen molar-refractivity contribution >= 4 is 21.1 Å². The fraction of sp³-hybridized carbons (Fsp3) is 0.368. The lowest BCUT2D eigenvalue weighted by molar-refractivity contribution is 0.393. The number of aryl methyl sites for hydroxylation is 2. The van der Waals surface area contributed by atoms with Crippen LogP contribution in [0.5, 0.6) is 0 Å². The van der Waals surface area contributed by atoms with E-state index < -0.39 is 15.3 Å². The number of pyridine rings is 1. The van der Waals surface area contributed by atoms with Crippen LogP contribution >= 0.6 is 0 Å². The Bertz CT molecular complexity index is 1170. The van der Waals surface area contributed by atoms with Gasteiger partial charge in [-0.25, -0.2) is 12.4 Å². The second-order valence-corrected chi connectivity index (χ2v) is 8.89. The van der Waals surface area contributed by atoms with Crippen LogP contribution in [0.15, 0.2) is 23.0 Å². The molecule has 0 saturated heterocycles. The fourth-order valence-electron chi connectivity index (χ4n) is 3.81. The molecule has 8 heteroatoms. The highest BCUT2D eigenvalue weighted by atomic mass is 32.2. The third-order valence-corrected chi connectivity index (χ3v) is 7.27. The van der Waals surface area contributed by atoms with Crippen LogP contribution in [0.4, 0.5) is 4.39 Å². The Balaban J connectivity index is 1.97. The summed E-state index contributed by atoms with van der Waals surface area (Å²) >= 11 is 0. The lowest BCUT2D eigenvalue weighted by Gasteiger charge is -2.13. The van der Waals surface area contributed by atoms with Gasteiger partial charge in [0.2, 0.25) is 10.0 Å². The smallest absolute Gasteiger partial charge is 0.241 e. The third kappa shape index (κ3) is 2.82. The molecule has 1 aliphatic rings. The third-order valence-electron chi connectivity index (χ3n) is 5.11. The van der Waals surface area contributed by atoms with Crippen molar-refractivity contribution in [3.63, 3.8) is 0 Å². The molecule has 0 aromatic carbocycles. The topological polar surface area (TPSA) is 78.0 Å². The van der Waals surface area contributed by atoms with Crippen LogP contribution in [0.3, 0.4) is 0 Å². The largest absolute Gasteiger partial charge is 0.361 e. The standard InChI is InChI=1S/C19H18FN3O3S/c1-12-18(13(2)26-22-12)15-9-17-19(21-10-15)14(7-8-20)11-23(17)27(24,25)16-5-3-4-6-16/h9-11,16H,3-6H2,1-2H3. The fourth-order valence-corrected chi connectivity index (χ4v) is 5.72. The number of aromatic nitrogens is 3. The summed E-state index contributed by atoms with van der Waals surface area (Å²) in [5.74, 6) is 2.93. The van der Waals surface area contributed by atoms with Crippen molar-refractivity contribution in [2.75, 3.05) is 0 Å². The quantitative estimate of drug-likeness (QED) is 0.640.